The van der Waals surface area contributed by atoms with Gasteiger partial charge in [-0.2, -0.15) is 0 Å². The van der Waals surface area contributed by atoms with Gasteiger partial charge in [0.25, 0.3) is 0 Å². The Balaban J connectivity index is 2.51. The summed E-state index contributed by atoms with van der Waals surface area (Å²) in [7, 11) is 0. The van der Waals surface area contributed by atoms with Crippen LogP contribution >= 0.6 is 15.9 Å². The number of aromatic amines is 1. The number of aromatic nitrogens is 1. The van der Waals surface area contributed by atoms with E-state index >= 15 is 0 Å². The molecule has 1 aromatic heterocycles. The van der Waals surface area contributed by atoms with E-state index in [4.69, 9.17) is 4.74 Å². The lowest BCUT2D eigenvalue weighted by Crippen LogP contribution is -2.04. The van der Waals surface area contributed by atoms with Gasteiger partial charge >= 0.3 is 5.97 Å². The van der Waals surface area contributed by atoms with E-state index in [2.05, 4.69) is 20.9 Å². The summed E-state index contributed by atoms with van der Waals surface area (Å²) in [6.45, 7) is 2.01. The minimum Gasteiger partial charge on any atom is -0.461 e. The van der Waals surface area contributed by atoms with Gasteiger partial charge in [-0.1, -0.05) is 15.9 Å². The molecule has 0 radical (unpaired) electrons. The van der Waals surface area contributed by atoms with Gasteiger partial charge in [-0.05, 0) is 25.1 Å². The predicted octanol–water partition coefficient (Wildman–Crippen LogP) is 3.25. The molecule has 0 saturated carbocycles. The van der Waals surface area contributed by atoms with Crippen molar-refractivity contribution < 1.29 is 13.9 Å². The number of benzene rings is 1. The highest BCUT2D eigenvalue weighted by molar-refractivity contribution is 9.10. The van der Waals surface area contributed by atoms with Gasteiger partial charge in [-0.3, -0.25) is 0 Å². The van der Waals surface area contributed by atoms with Gasteiger partial charge in [0, 0.05) is 9.86 Å². The molecule has 0 bridgehead atoms. The number of carbonyl (C=O) groups is 1. The zero-order valence-electron chi connectivity index (χ0n) is 8.51. The third-order valence-corrected chi connectivity index (χ3v) is 2.60. The molecule has 0 aliphatic rings. The van der Waals surface area contributed by atoms with E-state index in [1.807, 2.05) is 0 Å². The molecule has 0 aliphatic heterocycles. The fourth-order valence-corrected chi connectivity index (χ4v) is 1.93. The Bertz CT molecular complexity index is 550. The molecule has 0 unspecified atom stereocenters. The Labute approximate surface area is 99.7 Å². The van der Waals surface area contributed by atoms with Crippen LogP contribution in [0, 0.1) is 5.82 Å². The van der Waals surface area contributed by atoms with Gasteiger partial charge in [0.15, 0.2) is 0 Å². The molecule has 0 spiro atoms. The number of ether oxygens (including phenoxy) is 1. The van der Waals surface area contributed by atoms with Crippen LogP contribution in [0.3, 0.4) is 0 Å². The molecule has 5 heteroatoms. The van der Waals surface area contributed by atoms with Crippen molar-refractivity contribution in [1.82, 2.24) is 4.98 Å². The average Bonchev–Trinajstić information content (AvgIpc) is 2.62. The monoisotopic (exact) mass is 285 g/mol. The summed E-state index contributed by atoms with van der Waals surface area (Å²) in [6.07, 6.45) is 0. The molecule has 16 heavy (non-hydrogen) atoms. The highest BCUT2D eigenvalue weighted by Gasteiger charge is 2.12. The van der Waals surface area contributed by atoms with Crippen LogP contribution in [-0.2, 0) is 4.74 Å². The van der Waals surface area contributed by atoms with E-state index in [0.717, 1.165) is 0 Å². The molecule has 1 heterocycles. The van der Waals surface area contributed by atoms with Crippen LogP contribution in [0.5, 0.6) is 0 Å². The molecule has 3 nitrogen and oxygen atoms in total. The van der Waals surface area contributed by atoms with Crippen LogP contribution < -0.4 is 0 Å². The molecule has 2 rings (SSSR count). The second-order valence-electron chi connectivity index (χ2n) is 3.26. The molecular weight excluding hydrogens is 277 g/mol. The van der Waals surface area contributed by atoms with E-state index in [-0.39, 0.29) is 5.69 Å². The number of esters is 1. The summed E-state index contributed by atoms with van der Waals surface area (Å²) in [5.74, 6) is -0.880. The molecule has 0 saturated heterocycles. The van der Waals surface area contributed by atoms with Gasteiger partial charge in [0.2, 0.25) is 0 Å². The molecule has 0 fully saturated rings. The minimum absolute atomic E-state index is 0.258. The van der Waals surface area contributed by atoms with E-state index in [1.54, 1.807) is 19.1 Å². The van der Waals surface area contributed by atoms with Crippen molar-refractivity contribution in [1.29, 1.82) is 0 Å². The number of nitrogens with one attached hydrogen (secondary N) is 1. The lowest BCUT2D eigenvalue weighted by atomic mass is 10.2. The van der Waals surface area contributed by atoms with Crippen LogP contribution in [0.2, 0.25) is 0 Å². The summed E-state index contributed by atoms with van der Waals surface area (Å²) in [4.78, 5) is 14.1. The van der Waals surface area contributed by atoms with Crippen LogP contribution in [-0.4, -0.2) is 17.6 Å². The summed E-state index contributed by atoms with van der Waals surface area (Å²) in [5.41, 5.74) is 0.570. The minimum atomic E-state index is -0.478. The van der Waals surface area contributed by atoms with E-state index in [1.165, 1.54) is 6.07 Å². The molecule has 1 N–H and O–H groups in total. The Morgan fingerprint density at radius 3 is 2.94 bits per heavy atom. The van der Waals surface area contributed by atoms with Crippen LogP contribution in [0.1, 0.15) is 17.4 Å². The SMILES string of the molecule is CCOC(=O)c1cc2cc(Br)cc(F)c2[nH]1. The average molecular weight is 286 g/mol. The molecular formula is C11H9BrFNO2. The molecule has 1 aromatic carbocycles. The topological polar surface area (TPSA) is 42.1 Å². The summed E-state index contributed by atoms with van der Waals surface area (Å²) in [6, 6.07) is 4.65. The van der Waals surface area contributed by atoms with Gasteiger partial charge in [0.1, 0.15) is 11.5 Å². The predicted molar refractivity (Wildman–Crippen MR) is 61.9 cm³/mol. The first kappa shape index (κ1) is 11.1. The highest BCUT2D eigenvalue weighted by atomic mass is 79.9. The Morgan fingerprint density at radius 2 is 2.25 bits per heavy atom. The maximum absolute atomic E-state index is 13.5. The third-order valence-electron chi connectivity index (χ3n) is 2.14. The number of hydrogen-bond donors (Lipinski definition) is 1. The van der Waals surface area contributed by atoms with Gasteiger partial charge in [0.05, 0.1) is 12.1 Å². The standard InChI is InChI=1S/C11H9BrFNO2/c1-2-16-11(15)9-4-6-3-7(12)5-8(13)10(6)14-9/h3-5,14H,2H2,1H3. The second-order valence-corrected chi connectivity index (χ2v) is 4.17. The smallest absolute Gasteiger partial charge is 0.354 e. The van der Waals surface area contributed by atoms with Crippen molar-refractivity contribution in [2.24, 2.45) is 0 Å². The van der Waals surface area contributed by atoms with E-state index in [9.17, 15) is 9.18 Å². The first-order valence-corrected chi connectivity index (χ1v) is 5.56. The Morgan fingerprint density at radius 1 is 1.50 bits per heavy atom. The molecule has 0 aliphatic carbocycles. The molecule has 84 valence electrons. The van der Waals surface area contributed by atoms with Crippen LogP contribution in [0.25, 0.3) is 10.9 Å². The Hall–Kier alpha value is -1.36. The Kier molecular flexibility index (Phi) is 2.96. The zero-order chi connectivity index (χ0) is 11.7. The van der Waals surface area contributed by atoms with E-state index in [0.29, 0.717) is 22.0 Å². The normalized spacial score (nSPS) is 10.7. The largest absolute Gasteiger partial charge is 0.461 e. The molecule has 2 aromatic rings. The fraction of sp³-hybridized carbons (Fsp3) is 0.182. The number of hydrogen-bond acceptors (Lipinski definition) is 2. The number of carbonyl (C=O) groups excluding carboxylic acids is 1. The molecule has 0 amide bonds. The number of fused-ring (bicyclic) bond motifs is 1. The lowest BCUT2D eigenvalue weighted by Gasteiger charge is -1.97. The zero-order valence-corrected chi connectivity index (χ0v) is 10.1. The van der Waals surface area contributed by atoms with Crippen molar-refractivity contribution in [3.05, 3.63) is 34.2 Å². The first-order valence-electron chi connectivity index (χ1n) is 4.76. The van der Waals surface area contributed by atoms with Crippen molar-refractivity contribution in [2.75, 3.05) is 6.61 Å². The number of rotatable bonds is 2. The van der Waals surface area contributed by atoms with Gasteiger partial charge in [-0.25, -0.2) is 9.18 Å². The third kappa shape index (κ3) is 1.95. The van der Waals surface area contributed by atoms with Gasteiger partial charge in [-0.15, -0.1) is 0 Å². The highest BCUT2D eigenvalue weighted by Crippen LogP contribution is 2.24. The lowest BCUT2D eigenvalue weighted by molar-refractivity contribution is 0.0520. The fourth-order valence-electron chi connectivity index (χ4n) is 1.48. The summed E-state index contributed by atoms with van der Waals surface area (Å²) in [5, 5.41) is 0.634. The van der Waals surface area contributed by atoms with Crippen molar-refractivity contribution in [3.8, 4) is 0 Å². The van der Waals surface area contributed by atoms with E-state index < -0.39 is 11.8 Å². The quantitative estimate of drug-likeness (QED) is 0.861. The van der Waals surface area contributed by atoms with Crippen molar-refractivity contribution in [2.45, 2.75) is 6.92 Å². The maximum atomic E-state index is 13.5. The number of halogens is 2. The first-order chi connectivity index (χ1) is 7.61. The molecule has 0 atom stereocenters. The summed E-state index contributed by atoms with van der Waals surface area (Å²) < 4.78 is 19.0. The number of H-pyrrole nitrogens is 1. The van der Waals surface area contributed by atoms with Crippen molar-refractivity contribution in [3.63, 3.8) is 0 Å². The second kappa shape index (κ2) is 4.25. The van der Waals surface area contributed by atoms with Crippen molar-refractivity contribution >= 4 is 32.8 Å². The van der Waals surface area contributed by atoms with Crippen LogP contribution in [0.4, 0.5) is 4.39 Å². The van der Waals surface area contributed by atoms with Crippen LogP contribution in [0.15, 0.2) is 22.7 Å². The van der Waals surface area contributed by atoms with Gasteiger partial charge < -0.3 is 9.72 Å². The summed E-state index contributed by atoms with van der Waals surface area (Å²) >= 11 is 3.19. The maximum Gasteiger partial charge on any atom is 0.354 e.